The first-order valence-corrected chi connectivity index (χ1v) is 5.00. The third-order valence-electron chi connectivity index (χ3n) is 2.10. The van der Waals surface area contributed by atoms with Crippen LogP contribution in [0, 0.1) is 0 Å². The molecule has 1 aromatic heterocycles. The topological polar surface area (TPSA) is 50.2 Å². The Bertz CT molecular complexity index is 578. The number of fused-ring (bicyclic) bond motifs is 1. The van der Waals surface area contributed by atoms with Crippen molar-refractivity contribution < 1.29 is 9.90 Å². The molecular formula is C12H8ClNO2. The summed E-state index contributed by atoms with van der Waals surface area (Å²) < 4.78 is 0. The fraction of sp³-hybridized carbons (Fsp3) is 0. The van der Waals surface area contributed by atoms with Crippen LogP contribution < -0.4 is 0 Å². The summed E-state index contributed by atoms with van der Waals surface area (Å²) in [5.41, 5.74) is 1.61. The predicted octanol–water partition coefficient (Wildman–Crippen LogP) is 2.99. The Morgan fingerprint density at radius 1 is 1.31 bits per heavy atom. The van der Waals surface area contributed by atoms with Crippen molar-refractivity contribution >= 4 is 34.5 Å². The van der Waals surface area contributed by atoms with Gasteiger partial charge in [0.25, 0.3) is 0 Å². The van der Waals surface area contributed by atoms with Gasteiger partial charge >= 0.3 is 5.97 Å². The summed E-state index contributed by atoms with van der Waals surface area (Å²) in [6.07, 6.45) is 2.64. The average Bonchev–Trinajstić information content (AvgIpc) is 2.26. The highest BCUT2D eigenvalue weighted by molar-refractivity contribution is 6.29. The van der Waals surface area contributed by atoms with E-state index in [1.807, 2.05) is 18.2 Å². The summed E-state index contributed by atoms with van der Waals surface area (Å²) in [5, 5.41) is 9.88. The number of nitrogens with zero attached hydrogens (tertiary/aromatic N) is 1. The minimum Gasteiger partial charge on any atom is -0.478 e. The van der Waals surface area contributed by atoms with Crippen LogP contribution in [0.2, 0.25) is 5.15 Å². The number of carboxylic acids is 1. The van der Waals surface area contributed by atoms with Crippen molar-refractivity contribution in [3.05, 3.63) is 47.1 Å². The van der Waals surface area contributed by atoms with E-state index in [4.69, 9.17) is 16.7 Å². The molecular weight excluding hydrogens is 226 g/mol. The first kappa shape index (κ1) is 10.6. The van der Waals surface area contributed by atoms with Crippen LogP contribution >= 0.6 is 11.6 Å². The second-order valence-electron chi connectivity index (χ2n) is 3.26. The normalized spacial score (nSPS) is 11.1. The number of pyridine rings is 1. The molecule has 4 heteroatoms. The fourth-order valence-corrected chi connectivity index (χ4v) is 1.54. The van der Waals surface area contributed by atoms with Crippen LogP contribution in [0.1, 0.15) is 5.56 Å². The number of carboxylic acid groups (broad SMARTS) is 1. The number of carbonyl (C=O) groups is 1. The van der Waals surface area contributed by atoms with Crippen molar-refractivity contribution in [1.82, 2.24) is 4.98 Å². The lowest BCUT2D eigenvalue weighted by Crippen LogP contribution is -1.86. The number of aliphatic carboxylic acids is 1. The van der Waals surface area contributed by atoms with Gasteiger partial charge in [0.15, 0.2) is 0 Å². The Hall–Kier alpha value is -1.87. The molecule has 1 N–H and O–H groups in total. The van der Waals surface area contributed by atoms with Crippen LogP contribution in [0.15, 0.2) is 36.4 Å². The van der Waals surface area contributed by atoms with Crippen LogP contribution in [-0.4, -0.2) is 16.1 Å². The third kappa shape index (κ3) is 2.38. The quantitative estimate of drug-likeness (QED) is 0.641. The summed E-state index contributed by atoms with van der Waals surface area (Å²) in [4.78, 5) is 14.5. The van der Waals surface area contributed by atoms with Crippen molar-refractivity contribution in [3.8, 4) is 0 Å². The molecule has 0 saturated heterocycles. The van der Waals surface area contributed by atoms with Gasteiger partial charge in [-0.05, 0) is 35.9 Å². The molecule has 0 atom stereocenters. The Balaban J connectivity index is 2.44. The van der Waals surface area contributed by atoms with E-state index in [2.05, 4.69) is 4.98 Å². The van der Waals surface area contributed by atoms with Gasteiger partial charge in [-0.1, -0.05) is 17.7 Å². The molecule has 0 unspecified atom stereocenters. The molecule has 3 nitrogen and oxygen atoms in total. The van der Waals surface area contributed by atoms with E-state index in [1.54, 1.807) is 12.1 Å². The summed E-state index contributed by atoms with van der Waals surface area (Å²) in [5.74, 6) is -0.964. The molecule has 0 saturated carbocycles. The maximum absolute atomic E-state index is 10.4. The lowest BCUT2D eigenvalue weighted by atomic mass is 10.1. The van der Waals surface area contributed by atoms with E-state index in [0.717, 1.165) is 22.5 Å². The lowest BCUT2D eigenvalue weighted by Gasteiger charge is -1.99. The Morgan fingerprint density at radius 2 is 2.12 bits per heavy atom. The molecule has 1 heterocycles. The first-order chi connectivity index (χ1) is 7.65. The second kappa shape index (κ2) is 4.33. The molecule has 0 amide bonds. The summed E-state index contributed by atoms with van der Waals surface area (Å²) in [7, 11) is 0. The molecule has 16 heavy (non-hydrogen) atoms. The van der Waals surface area contributed by atoms with Crippen LogP contribution in [0.25, 0.3) is 17.0 Å². The molecule has 0 spiro atoms. The summed E-state index contributed by atoms with van der Waals surface area (Å²) >= 11 is 5.76. The molecule has 2 rings (SSSR count). The van der Waals surface area contributed by atoms with Crippen LogP contribution in [-0.2, 0) is 4.79 Å². The van der Waals surface area contributed by atoms with Gasteiger partial charge in [0.1, 0.15) is 5.15 Å². The zero-order chi connectivity index (χ0) is 11.5. The molecule has 1 aromatic carbocycles. The molecule has 0 fully saturated rings. The van der Waals surface area contributed by atoms with Crippen molar-refractivity contribution in [3.63, 3.8) is 0 Å². The van der Waals surface area contributed by atoms with Crippen molar-refractivity contribution in [2.75, 3.05) is 0 Å². The fourth-order valence-electron chi connectivity index (χ4n) is 1.39. The van der Waals surface area contributed by atoms with Crippen molar-refractivity contribution in [2.45, 2.75) is 0 Å². The number of aromatic nitrogens is 1. The average molecular weight is 234 g/mol. The van der Waals surface area contributed by atoms with Gasteiger partial charge in [-0.2, -0.15) is 0 Å². The highest BCUT2D eigenvalue weighted by Gasteiger charge is 1.97. The largest absolute Gasteiger partial charge is 0.478 e. The van der Waals surface area contributed by atoms with Crippen molar-refractivity contribution in [1.29, 1.82) is 0 Å². The molecule has 0 aliphatic heterocycles. The van der Waals surface area contributed by atoms with Crippen LogP contribution in [0.4, 0.5) is 0 Å². The van der Waals surface area contributed by atoms with E-state index in [1.165, 1.54) is 6.08 Å². The van der Waals surface area contributed by atoms with E-state index in [-0.39, 0.29) is 0 Å². The lowest BCUT2D eigenvalue weighted by molar-refractivity contribution is -0.131. The summed E-state index contributed by atoms with van der Waals surface area (Å²) in [6, 6.07) is 9.02. The van der Waals surface area contributed by atoms with E-state index in [9.17, 15) is 4.79 Å². The molecule has 0 radical (unpaired) electrons. The first-order valence-electron chi connectivity index (χ1n) is 4.62. The Morgan fingerprint density at radius 3 is 2.88 bits per heavy atom. The monoisotopic (exact) mass is 233 g/mol. The van der Waals surface area contributed by atoms with Gasteiger partial charge in [0, 0.05) is 11.5 Å². The van der Waals surface area contributed by atoms with Gasteiger partial charge in [-0.25, -0.2) is 9.78 Å². The van der Waals surface area contributed by atoms with E-state index >= 15 is 0 Å². The number of rotatable bonds is 2. The van der Waals surface area contributed by atoms with E-state index < -0.39 is 5.97 Å². The van der Waals surface area contributed by atoms with Gasteiger partial charge in [0.05, 0.1) is 5.52 Å². The number of benzene rings is 1. The number of halogens is 1. The Kier molecular flexibility index (Phi) is 2.88. The van der Waals surface area contributed by atoms with E-state index in [0.29, 0.717) is 5.15 Å². The molecule has 0 aliphatic carbocycles. The SMILES string of the molecule is O=C(O)/C=C/c1ccc2nc(Cl)ccc2c1. The molecule has 2 aromatic rings. The van der Waals surface area contributed by atoms with Gasteiger partial charge in [0.2, 0.25) is 0 Å². The second-order valence-corrected chi connectivity index (χ2v) is 3.64. The van der Waals surface area contributed by atoms with Crippen LogP contribution in [0.5, 0.6) is 0 Å². The number of hydrogen-bond donors (Lipinski definition) is 1. The molecule has 0 aliphatic rings. The zero-order valence-corrected chi connectivity index (χ0v) is 8.98. The number of hydrogen-bond acceptors (Lipinski definition) is 2. The maximum Gasteiger partial charge on any atom is 0.328 e. The highest BCUT2D eigenvalue weighted by atomic mass is 35.5. The zero-order valence-electron chi connectivity index (χ0n) is 8.22. The smallest absolute Gasteiger partial charge is 0.328 e. The standard InChI is InChI=1S/C12H8ClNO2/c13-11-5-3-9-7-8(2-6-12(15)16)1-4-10(9)14-11/h1-7H,(H,15,16)/b6-2+. The van der Waals surface area contributed by atoms with Gasteiger partial charge in [-0.15, -0.1) is 0 Å². The van der Waals surface area contributed by atoms with Gasteiger partial charge < -0.3 is 5.11 Å². The maximum atomic E-state index is 10.4. The Labute approximate surface area is 97.0 Å². The van der Waals surface area contributed by atoms with Gasteiger partial charge in [-0.3, -0.25) is 0 Å². The molecule has 80 valence electrons. The predicted molar refractivity (Wildman–Crippen MR) is 63.4 cm³/mol. The minimum atomic E-state index is -0.964. The van der Waals surface area contributed by atoms with Crippen LogP contribution in [0.3, 0.4) is 0 Å². The highest BCUT2D eigenvalue weighted by Crippen LogP contribution is 2.17. The summed E-state index contributed by atoms with van der Waals surface area (Å²) in [6.45, 7) is 0. The third-order valence-corrected chi connectivity index (χ3v) is 2.31. The molecule has 0 bridgehead atoms. The van der Waals surface area contributed by atoms with Crippen molar-refractivity contribution in [2.24, 2.45) is 0 Å². The minimum absolute atomic E-state index is 0.446.